The Morgan fingerprint density at radius 2 is 2.05 bits per heavy atom. The normalized spacial score (nSPS) is 17.2. The van der Waals surface area contributed by atoms with Crippen molar-refractivity contribution in [2.45, 2.75) is 25.4 Å². The van der Waals surface area contributed by atoms with Gasteiger partial charge in [0, 0.05) is 19.3 Å². The van der Waals surface area contributed by atoms with E-state index in [4.69, 9.17) is 5.73 Å². The average molecular weight is 268 g/mol. The van der Waals surface area contributed by atoms with Gasteiger partial charge in [-0.2, -0.15) is 0 Å². The molecule has 1 atom stereocenters. The van der Waals surface area contributed by atoms with Crippen LogP contribution < -0.4 is 5.73 Å². The molecule has 2 aromatic rings. The fraction of sp³-hybridized carbons (Fsp3) is 0.375. The number of hydrogen-bond donors (Lipinski definition) is 1. The molecule has 0 bridgehead atoms. The summed E-state index contributed by atoms with van der Waals surface area (Å²) in [6, 6.07) is 10.8. The summed E-state index contributed by atoms with van der Waals surface area (Å²) >= 11 is 0. The third kappa shape index (κ3) is 2.71. The van der Waals surface area contributed by atoms with Gasteiger partial charge >= 0.3 is 0 Å². The number of fused-ring (bicyclic) bond motifs is 1. The van der Waals surface area contributed by atoms with Crippen LogP contribution >= 0.6 is 0 Å². The summed E-state index contributed by atoms with van der Waals surface area (Å²) < 4.78 is 0. The minimum Gasteiger partial charge on any atom is -0.329 e. The fourth-order valence-corrected chi connectivity index (χ4v) is 2.95. The van der Waals surface area contributed by atoms with Crippen LogP contribution in [0.4, 0.5) is 0 Å². The van der Waals surface area contributed by atoms with Gasteiger partial charge in [0.05, 0.1) is 11.7 Å². The van der Waals surface area contributed by atoms with Gasteiger partial charge in [0.2, 0.25) is 0 Å². The van der Waals surface area contributed by atoms with Crippen molar-refractivity contribution in [2.24, 2.45) is 5.73 Å². The summed E-state index contributed by atoms with van der Waals surface area (Å²) in [5.74, 6) is 0. The highest BCUT2D eigenvalue weighted by molar-refractivity contribution is 5.28. The molecule has 1 aromatic heterocycles. The molecule has 2 heterocycles. The molecule has 4 nitrogen and oxygen atoms in total. The second kappa shape index (κ2) is 6.11. The third-order valence-electron chi connectivity index (χ3n) is 3.99. The van der Waals surface area contributed by atoms with E-state index in [0.29, 0.717) is 6.54 Å². The van der Waals surface area contributed by atoms with E-state index in [9.17, 15) is 0 Å². The van der Waals surface area contributed by atoms with Gasteiger partial charge in [-0.25, -0.2) is 9.97 Å². The lowest BCUT2D eigenvalue weighted by Crippen LogP contribution is -2.34. The number of nitrogens with two attached hydrogens (primary N) is 1. The van der Waals surface area contributed by atoms with Crippen LogP contribution in [-0.4, -0.2) is 28.0 Å². The SMILES string of the molecule is NCC(c1ccncn1)N1CCCc2ccccc2C1. The van der Waals surface area contributed by atoms with Crippen molar-refractivity contribution >= 4 is 0 Å². The molecule has 1 aliphatic rings. The van der Waals surface area contributed by atoms with Crippen molar-refractivity contribution in [1.29, 1.82) is 0 Å². The van der Waals surface area contributed by atoms with Crippen molar-refractivity contribution in [1.82, 2.24) is 14.9 Å². The molecule has 1 aromatic carbocycles. The van der Waals surface area contributed by atoms with Crippen molar-refractivity contribution in [2.75, 3.05) is 13.1 Å². The number of nitrogens with zero attached hydrogens (tertiary/aromatic N) is 3. The largest absolute Gasteiger partial charge is 0.329 e. The Morgan fingerprint density at radius 3 is 2.80 bits per heavy atom. The van der Waals surface area contributed by atoms with Crippen LogP contribution in [0.15, 0.2) is 42.9 Å². The van der Waals surface area contributed by atoms with E-state index in [1.54, 1.807) is 12.5 Å². The Labute approximate surface area is 119 Å². The van der Waals surface area contributed by atoms with Gasteiger partial charge in [-0.3, -0.25) is 4.90 Å². The molecule has 2 N–H and O–H groups in total. The zero-order chi connectivity index (χ0) is 13.8. The molecule has 3 rings (SSSR count). The predicted octanol–water partition coefficient (Wildman–Crippen LogP) is 1.92. The number of benzene rings is 1. The van der Waals surface area contributed by atoms with E-state index in [2.05, 4.69) is 39.1 Å². The number of hydrogen-bond acceptors (Lipinski definition) is 4. The van der Waals surface area contributed by atoms with Crippen LogP contribution in [-0.2, 0) is 13.0 Å². The molecule has 104 valence electrons. The Kier molecular flexibility index (Phi) is 4.04. The first-order chi connectivity index (χ1) is 9.88. The van der Waals surface area contributed by atoms with Crippen molar-refractivity contribution < 1.29 is 0 Å². The maximum absolute atomic E-state index is 6.00. The lowest BCUT2D eigenvalue weighted by molar-refractivity contribution is 0.192. The van der Waals surface area contributed by atoms with E-state index in [0.717, 1.165) is 25.2 Å². The zero-order valence-electron chi connectivity index (χ0n) is 11.6. The van der Waals surface area contributed by atoms with Crippen LogP contribution in [0.1, 0.15) is 29.3 Å². The standard InChI is InChI=1S/C16H20N4/c17-10-16(15-7-8-18-12-19-15)20-9-3-6-13-4-1-2-5-14(13)11-20/h1-2,4-5,7-8,12,16H,3,6,9-11,17H2. The molecular formula is C16H20N4. The van der Waals surface area contributed by atoms with E-state index in [1.807, 2.05) is 6.07 Å². The van der Waals surface area contributed by atoms with Gasteiger partial charge in [-0.15, -0.1) is 0 Å². The smallest absolute Gasteiger partial charge is 0.115 e. The quantitative estimate of drug-likeness (QED) is 0.924. The summed E-state index contributed by atoms with van der Waals surface area (Å²) in [5, 5.41) is 0. The lowest BCUT2D eigenvalue weighted by atomic mass is 10.0. The molecule has 4 heteroatoms. The topological polar surface area (TPSA) is 55.0 Å². The fourth-order valence-electron chi connectivity index (χ4n) is 2.95. The van der Waals surface area contributed by atoms with E-state index in [1.165, 1.54) is 17.5 Å². The highest BCUT2D eigenvalue weighted by Crippen LogP contribution is 2.25. The van der Waals surface area contributed by atoms with E-state index in [-0.39, 0.29) is 6.04 Å². The minimum atomic E-state index is 0.171. The van der Waals surface area contributed by atoms with Crippen LogP contribution in [0.2, 0.25) is 0 Å². The van der Waals surface area contributed by atoms with Crippen molar-refractivity contribution in [3.63, 3.8) is 0 Å². The molecule has 0 saturated heterocycles. The first-order valence-corrected chi connectivity index (χ1v) is 7.15. The number of rotatable bonds is 3. The van der Waals surface area contributed by atoms with Gasteiger partial charge < -0.3 is 5.73 Å². The average Bonchev–Trinajstić information content (AvgIpc) is 2.71. The molecule has 1 aliphatic heterocycles. The second-order valence-corrected chi connectivity index (χ2v) is 5.23. The lowest BCUT2D eigenvalue weighted by Gasteiger charge is -2.29. The van der Waals surface area contributed by atoms with Crippen LogP contribution in [0.3, 0.4) is 0 Å². The van der Waals surface area contributed by atoms with Crippen molar-refractivity contribution in [3.05, 3.63) is 59.7 Å². The summed E-state index contributed by atoms with van der Waals surface area (Å²) in [5.41, 5.74) is 9.90. The van der Waals surface area contributed by atoms with Crippen LogP contribution in [0.5, 0.6) is 0 Å². The van der Waals surface area contributed by atoms with Gasteiger partial charge in [0.15, 0.2) is 0 Å². The maximum Gasteiger partial charge on any atom is 0.115 e. The molecule has 0 aliphatic carbocycles. The third-order valence-corrected chi connectivity index (χ3v) is 3.99. The van der Waals surface area contributed by atoms with Gasteiger partial charge in [0.25, 0.3) is 0 Å². The van der Waals surface area contributed by atoms with Crippen LogP contribution in [0.25, 0.3) is 0 Å². The molecular weight excluding hydrogens is 248 g/mol. The number of aryl methyl sites for hydroxylation is 1. The summed E-state index contributed by atoms with van der Waals surface area (Å²) in [7, 11) is 0. The van der Waals surface area contributed by atoms with Crippen molar-refractivity contribution in [3.8, 4) is 0 Å². The van der Waals surface area contributed by atoms with E-state index < -0.39 is 0 Å². The first kappa shape index (κ1) is 13.2. The second-order valence-electron chi connectivity index (χ2n) is 5.23. The number of aromatic nitrogens is 2. The Bertz CT molecular complexity index is 555. The highest BCUT2D eigenvalue weighted by Gasteiger charge is 2.23. The minimum absolute atomic E-state index is 0.171. The first-order valence-electron chi connectivity index (χ1n) is 7.15. The summed E-state index contributed by atoms with van der Waals surface area (Å²) in [6.45, 7) is 2.59. The molecule has 20 heavy (non-hydrogen) atoms. The molecule has 0 spiro atoms. The zero-order valence-corrected chi connectivity index (χ0v) is 11.6. The Balaban J connectivity index is 1.86. The summed E-state index contributed by atoms with van der Waals surface area (Å²) in [6.07, 6.45) is 5.70. The van der Waals surface area contributed by atoms with Gasteiger partial charge in [-0.1, -0.05) is 24.3 Å². The molecule has 1 unspecified atom stereocenters. The predicted molar refractivity (Wildman–Crippen MR) is 79.0 cm³/mol. The molecule has 0 fully saturated rings. The molecule has 0 saturated carbocycles. The molecule has 0 amide bonds. The van der Waals surface area contributed by atoms with Crippen LogP contribution in [0, 0.1) is 0 Å². The molecule has 0 radical (unpaired) electrons. The summed E-state index contributed by atoms with van der Waals surface area (Å²) in [4.78, 5) is 10.8. The van der Waals surface area contributed by atoms with E-state index >= 15 is 0 Å². The monoisotopic (exact) mass is 268 g/mol. The van der Waals surface area contributed by atoms with Gasteiger partial charge in [-0.05, 0) is 36.6 Å². The Hall–Kier alpha value is -1.78. The Morgan fingerprint density at radius 1 is 1.20 bits per heavy atom. The van der Waals surface area contributed by atoms with Gasteiger partial charge in [0.1, 0.15) is 6.33 Å². The maximum atomic E-state index is 6.00. The highest BCUT2D eigenvalue weighted by atomic mass is 15.2.